The fourth-order valence-electron chi connectivity index (χ4n) is 2.65. The molecule has 2 unspecified atom stereocenters. The molecular weight excluding hydrogens is 244 g/mol. The molecule has 1 saturated heterocycles. The Morgan fingerprint density at radius 2 is 2.26 bits per heavy atom. The third-order valence-corrected chi connectivity index (χ3v) is 3.70. The van der Waals surface area contributed by atoms with Gasteiger partial charge in [-0.25, -0.2) is 0 Å². The highest BCUT2D eigenvalue weighted by Gasteiger charge is 2.27. The molecule has 1 aromatic rings. The molecule has 0 aromatic heterocycles. The normalized spacial score (nSPS) is 24.1. The Kier molecular flexibility index (Phi) is 3.90. The number of nitrogens with one attached hydrogen (secondary N) is 1. The lowest BCUT2D eigenvalue weighted by Gasteiger charge is -2.35. The molecule has 104 valence electrons. The first kappa shape index (κ1) is 13.6. The van der Waals surface area contributed by atoms with Crippen molar-refractivity contribution in [3.63, 3.8) is 0 Å². The summed E-state index contributed by atoms with van der Waals surface area (Å²) < 4.78 is 0. The Balaban J connectivity index is 2.19. The van der Waals surface area contributed by atoms with E-state index in [9.17, 15) is 10.1 Å². The van der Waals surface area contributed by atoms with Crippen LogP contribution in [-0.2, 0) is 0 Å². The lowest BCUT2D eigenvalue weighted by atomic mass is 9.94. The quantitative estimate of drug-likeness (QED) is 0.495. The number of nitrogens with zero attached hydrogens (tertiary/aromatic N) is 2. The van der Waals surface area contributed by atoms with Crippen molar-refractivity contribution in [2.45, 2.75) is 19.4 Å². The van der Waals surface area contributed by atoms with Gasteiger partial charge in [-0.15, -0.1) is 0 Å². The van der Waals surface area contributed by atoms with Crippen LogP contribution in [0.1, 0.15) is 13.3 Å². The fraction of sp³-hybridized carbons (Fsp3) is 0.538. The minimum Gasteiger partial charge on any atom is -0.393 e. The van der Waals surface area contributed by atoms with E-state index in [2.05, 4.69) is 24.2 Å². The molecule has 2 rings (SSSR count). The summed E-state index contributed by atoms with van der Waals surface area (Å²) in [7, 11) is 2.09. The topological polar surface area (TPSA) is 84.4 Å². The maximum absolute atomic E-state index is 11.1. The van der Waals surface area contributed by atoms with Crippen LogP contribution < -0.4 is 11.1 Å². The number of rotatable bonds is 3. The number of benzene rings is 1. The summed E-state index contributed by atoms with van der Waals surface area (Å²) in [5.41, 5.74) is 6.40. The molecule has 0 amide bonds. The summed E-state index contributed by atoms with van der Waals surface area (Å²) in [6.07, 6.45) is 0.976. The summed E-state index contributed by atoms with van der Waals surface area (Å²) in [5, 5.41) is 14.4. The van der Waals surface area contributed by atoms with E-state index in [1.165, 1.54) is 0 Å². The number of nitrogen functional groups attached to an aromatic ring is 1. The van der Waals surface area contributed by atoms with E-state index in [1.54, 1.807) is 18.2 Å². The summed E-state index contributed by atoms with van der Waals surface area (Å²) in [6.45, 7) is 4.15. The maximum atomic E-state index is 11.1. The van der Waals surface area contributed by atoms with Crippen LogP contribution in [0.5, 0.6) is 0 Å². The van der Waals surface area contributed by atoms with Crippen molar-refractivity contribution < 1.29 is 4.92 Å². The Morgan fingerprint density at radius 1 is 1.53 bits per heavy atom. The molecule has 0 aliphatic carbocycles. The van der Waals surface area contributed by atoms with Gasteiger partial charge in [0.1, 0.15) is 11.4 Å². The minimum absolute atomic E-state index is 0.0198. The molecule has 1 aliphatic rings. The first-order valence-electron chi connectivity index (χ1n) is 6.47. The second-order valence-electron chi connectivity index (χ2n) is 5.28. The molecule has 0 bridgehead atoms. The first-order chi connectivity index (χ1) is 8.99. The van der Waals surface area contributed by atoms with Gasteiger partial charge in [0.2, 0.25) is 0 Å². The molecule has 6 nitrogen and oxygen atoms in total. The molecular formula is C13H20N4O2. The molecule has 3 N–H and O–H groups in total. The Labute approximate surface area is 112 Å². The number of likely N-dealkylation sites (tertiary alicyclic amines) is 1. The third kappa shape index (κ3) is 2.96. The van der Waals surface area contributed by atoms with Crippen molar-refractivity contribution >= 4 is 17.1 Å². The highest BCUT2D eigenvalue weighted by atomic mass is 16.6. The Bertz CT molecular complexity index is 478. The lowest BCUT2D eigenvalue weighted by Crippen LogP contribution is -2.43. The van der Waals surface area contributed by atoms with Crippen LogP contribution >= 0.6 is 0 Å². The lowest BCUT2D eigenvalue weighted by molar-refractivity contribution is -0.383. The van der Waals surface area contributed by atoms with Crippen molar-refractivity contribution in [3.8, 4) is 0 Å². The molecule has 0 radical (unpaired) electrons. The van der Waals surface area contributed by atoms with E-state index < -0.39 is 4.92 Å². The van der Waals surface area contributed by atoms with Crippen LogP contribution in [0.25, 0.3) is 0 Å². The molecule has 1 fully saturated rings. The molecule has 0 saturated carbocycles. The molecule has 2 atom stereocenters. The molecule has 0 spiro atoms. The van der Waals surface area contributed by atoms with Crippen molar-refractivity contribution in [1.82, 2.24) is 4.90 Å². The standard InChI is InChI=1S/C13H20N4O2/c1-9-8-16(2)7-6-11(9)15-12-5-3-4-10(14)13(12)17(18)19/h3-5,9,11,15H,6-8,14H2,1-2H3. The number of anilines is 2. The van der Waals surface area contributed by atoms with E-state index >= 15 is 0 Å². The summed E-state index contributed by atoms with van der Waals surface area (Å²) in [5.74, 6) is 0.444. The molecule has 1 heterocycles. The Hall–Kier alpha value is -1.82. The molecule has 19 heavy (non-hydrogen) atoms. The van der Waals surface area contributed by atoms with Crippen LogP contribution in [0.15, 0.2) is 18.2 Å². The van der Waals surface area contributed by atoms with E-state index in [0.717, 1.165) is 19.5 Å². The fourth-order valence-corrected chi connectivity index (χ4v) is 2.65. The summed E-state index contributed by atoms with van der Waals surface area (Å²) in [4.78, 5) is 13.0. The van der Waals surface area contributed by atoms with Gasteiger partial charge in [0, 0.05) is 12.6 Å². The number of hydrogen-bond acceptors (Lipinski definition) is 5. The molecule has 6 heteroatoms. The average molecular weight is 264 g/mol. The summed E-state index contributed by atoms with van der Waals surface area (Å²) in [6, 6.07) is 5.27. The number of nitrogens with two attached hydrogens (primary N) is 1. The smallest absolute Gasteiger partial charge is 0.314 e. The summed E-state index contributed by atoms with van der Waals surface area (Å²) >= 11 is 0. The monoisotopic (exact) mass is 264 g/mol. The van der Waals surface area contributed by atoms with E-state index in [0.29, 0.717) is 11.6 Å². The maximum Gasteiger partial charge on any atom is 0.314 e. The first-order valence-corrected chi connectivity index (χ1v) is 6.47. The predicted molar refractivity (Wildman–Crippen MR) is 76.2 cm³/mol. The zero-order valence-electron chi connectivity index (χ0n) is 11.3. The SMILES string of the molecule is CC1CN(C)CCC1Nc1cccc(N)c1[N+](=O)[O-]. The van der Waals surface area contributed by atoms with Crippen LogP contribution in [-0.4, -0.2) is 36.0 Å². The number of hydrogen-bond donors (Lipinski definition) is 2. The third-order valence-electron chi connectivity index (χ3n) is 3.70. The van der Waals surface area contributed by atoms with Crippen molar-refractivity contribution in [2.75, 3.05) is 31.2 Å². The predicted octanol–water partition coefficient (Wildman–Crippen LogP) is 1.93. The van der Waals surface area contributed by atoms with Gasteiger partial charge in [-0.3, -0.25) is 10.1 Å². The zero-order chi connectivity index (χ0) is 14.0. The van der Waals surface area contributed by atoms with E-state index in [-0.39, 0.29) is 17.4 Å². The van der Waals surface area contributed by atoms with Gasteiger partial charge in [-0.1, -0.05) is 13.0 Å². The molecule has 1 aliphatic heterocycles. The number of piperidine rings is 1. The van der Waals surface area contributed by atoms with Crippen molar-refractivity contribution in [2.24, 2.45) is 5.92 Å². The van der Waals surface area contributed by atoms with E-state index in [4.69, 9.17) is 5.73 Å². The number of nitro benzene ring substituents is 1. The second-order valence-corrected chi connectivity index (χ2v) is 5.28. The van der Waals surface area contributed by atoms with Crippen LogP contribution in [0.2, 0.25) is 0 Å². The van der Waals surface area contributed by atoms with Gasteiger partial charge in [0.25, 0.3) is 0 Å². The van der Waals surface area contributed by atoms with Crippen LogP contribution in [0.3, 0.4) is 0 Å². The van der Waals surface area contributed by atoms with Crippen molar-refractivity contribution in [3.05, 3.63) is 28.3 Å². The van der Waals surface area contributed by atoms with Crippen LogP contribution in [0.4, 0.5) is 17.1 Å². The largest absolute Gasteiger partial charge is 0.393 e. The highest BCUT2D eigenvalue weighted by Crippen LogP contribution is 2.32. The van der Waals surface area contributed by atoms with Gasteiger partial charge in [-0.2, -0.15) is 0 Å². The van der Waals surface area contributed by atoms with Crippen molar-refractivity contribution in [1.29, 1.82) is 0 Å². The second kappa shape index (κ2) is 5.44. The zero-order valence-corrected chi connectivity index (χ0v) is 11.3. The number of nitro groups is 1. The number of para-hydroxylation sites is 1. The van der Waals surface area contributed by atoms with Gasteiger partial charge >= 0.3 is 5.69 Å². The van der Waals surface area contributed by atoms with Crippen LogP contribution in [0, 0.1) is 16.0 Å². The Morgan fingerprint density at radius 3 is 2.89 bits per heavy atom. The van der Waals surface area contributed by atoms with Gasteiger partial charge in [0.05, 0.1) is 4.92 Å². The highest BCUT2D eigenvalue weighted by molar-refractivity contribution is 5.74. The average Bonchev–Trinajstić information content (AvgIpc) is 2.32. The molecule has 1 aromatic carbocycles. The van der Waals surface area contributed by atoms with Gasteiger partial charge in [-0.05, 0) is 38.1 Å². The van der Waals surface area contributed by atoms with Gasteiger partial charge in [0.15, 0.2) is 0 Å². The minimum atomic E-state index is -0.419. The van der Waals surface area contributed by atoms with E-state index in [1.807, 2.05) is 0 Å². The van der Waals surface area contributed by atoms with Gasteiger partial charge < -0.3 is 16.0 Å².